The van der Waals surface area contributed by atoms with Gasteiger partial charge in [0, 0.05) is 24.3 Å². The first-order valence-corrected chi connectivity index (χ1v) is 6.84. The van der Waals surface area contributed by atoms with Gasteiger partial charge in [-0.05, 0) is 38.0 Å². The lowest BCUT2D eigenvalue weighted by Crippen LogP contribution is -2.49. The van der Waals surface area contributed by atoms with Gasteiger partial charge in [-0.15, -0.1) is 0 Å². The van der Waals surface area contributed by atoms with Gasteiger partial charge in [0.25, 0.3) is 5.91 Å². The van der Waals surface area contributed by atoms with Crippen LogP contribution in [0.25, 0.3) is 0 Å². The molecule has 1 fully saturated rings. The molecule has 0 bridgehead atoms. The number of aliphatic hydroxyl groups excluding tert-OH is 1. The number of benzene rings is 1. The minimum atomic E-state index is -0.494. The van der Waals surface area contributed by atoms with Gasteiger partial charge in [-0.2, -0.15) is 0 Å². The summed E-state index contributed by atoms with van der Waals surface area (Å²) < 4.78 is 18.7. The van der Waals surface area contributed by atoms with Crippen LogP contribution in [0.15, 0.2) is 18.2 Å². The highest BCUT2D eigenvalue weighted by Gasteiger charge is 2.29. The third-order valence-electron chi connectivity index (χ3n) is 3.54. The zero-order chi connectivity index (χ0) is 15.3. The molecule has 1 aromatic rings. The van der Waals surface area contributed by atoms with Crippen molar-refractivity contribution in [3.63, 3.8) is 0 Å². The van der Waals surface area contributed by atoms with Crippen LogP contribution in [-0.4, -0.2) is 36.4 Å². The lowest BCUT2D eigenvalue weighted by Gasteiger charge is -2.34. The molecule has 1 saturated heterocycles. The van der Waals surface area contributed by atoms with Crippen molar-refractivity contribution < 1.29 is 19.0 Å². The molecule has 2 N–H and O–H groups in total. The Morgan fingerprint density at radius 1 is 1.48 bits per heavy atom. The maximum absolute atomic E-state index is 13.4. The highest BCUT2D eigenvalue weighted by atomic mass is 19.1. The van der Waals surface area contributed by atoms with Gasteiger partial charge in [0.2, 0.25) is 0 Å². The van der Waals surface area contributed by atoms with Crippen molar-refractivity contribution >= 4 is 5.91 Å². The van der Waals surface area contributed by atoms with Crippen LogP contribution >= 0.6 is 0 Å². The standard InChI is InChI=1S/C16H18FNO3/c1-16(6-9-21-10-7-16)18-15(20)14-11-13(17)5-4-12(14)3-2-8-19/h4-5,11,19H,6-10H2,1H3,(H,18,20). The number of nitrogens with one attached hydrogen (secondary N) is 1. The van der Waals surface area contributed by atoms with E-state index in [2.05, 4.69) is 17.2 Å². The van der Waals surface area contributed by atoms with Crippen molar-refractivity contribution in [2.24, 2.45) is 0 Å². The molecule has 1 aliphatic rings. The molecule has 0 aliphatic carbocycles. The first-order chi connectivity index (χ1) is 10.0. The van der Waals surface area contributed by atoms with E-state index in [0.29, 0.717) is 31.6 Å². The predicted octanol–water partition coefficient (Wildman–Crippen LogP) is 1.47. The number of hydrogen-bond donors (Lipinski definition) is 2. The van der Waals surface area contributed by atoms with E-state index in [1.54, 1.807) is 0 Å². The van der Waals surface area contributed by atoms with E-state index < -0.39 is 5.82 Å². The molecule has 2 rings (SSSR count). The average Bonchev–Trinajstić information content (AvgIpc) is 2.46. The van der Waals surface area contributed by atoms with Crippen molar-refractivity contribution in [2.75, 3.05) is 19.8 Å². The molecule has 0 radical (unpaired) electrons. The number of rotatable bonds is 2. The Labute approximate surface area is 123 Å². The third-order valence-corrected chi connectivity index (χ3v) is 3.54. The molecule has 0 unspecified atom stereocenters. The molecule has 0 spiro atoms. The Morgan fingerprint density at radius 2 is 2.19 bits per heavy atom. The smallest absolute Gasteiger partial charge is 0.253 e. The van der Waals surface area contributed by atoms with E-state index in [4.69, 9.17) is 9.84 Å². The number of carbonyl (C=O) groups is 1. The summed E-state index contributed by atoms with van der Waals surface area (Å²) in [6.07, 6.45) is 1.43. The predicted molar refractivity (Wildman–Crippen MR) is 76.3 cm³/mol. The van der Waals surface area contributed by atoms with E-state index in [1.807, 2.05) is 6.92 Å². The molecule has 1 aliphatic heterocycles. The summed E-state index contributed by atoms with van der Waals surface area (Å²) >= 11 is 0. The van der Waals surface area contributed by atoms with Crippen molar-refractivity contribution in [3.8, 4) is 11.8 Å². The summed E-state index contributed by atoms with van der Waals surface area (Å²) in [5.74, 6) is 4.29. The van der Waals surface area contributed by atoms with Gasteiger partial charge in [0.05, 0.1) is 5.56 Å². The summed E-state index contributed by atoms with van der Waals surface area (Å²) in [6.45, 7) is 2.83. The Kier molecular flexibility index (Phi) is 4.94. The Hall–Kier alpha value is -1.90. The highest BCUT2D eigenvalue weighted by Crippen LogP contribution is 2.21. The van der Waals surface area contributed by atoms with E-state index in [1.165, 1.54) is 18.2 Å². The van der Waals surface area contributed by atoms with Gasteiger partial charge in [0.15, 0.2) is 0 Å². The molecule has 5 heteroatoms. The van der Waals surface area contributed by atoms with Crippen LogP contribution in [0.3, 0.4) is 0 Å². The maximum atomic E-state index is 13.4. The van der Waals surface area contributed by atoms with Crippen LogP contribution in [0, 0.1) is 17.7 Å². The first kappa shape index (κ1) is 15.5. The fourth-order valence-electron chi connectivity index (χ4n) is 2.24. The largest absolute Gasteiger partial charge is 0.384 e. The molecule has 0 saturated carbocycles. The first-order valence-electron chi connectivity index (χ1n) is 6.84. The van der Waals surface area contributed by atoms with Gasteiger partial charge >= 0.3 is 0 Å². The van der Waals surface area contributed by atoms with E-state index in [0.717, 1.165) is 0 Å². The van der Waals surface area contributed by atoms with Crippen LogP contribution in [0.4, 0.5) is 4.39 Å². The molecule has 4 nitrogen and oxygen atoms in total. The quantitative estimate of drug-likeness (QED) is 0.811. The lowest BCUT2D eigenvalue weighted by molar-refractivity contribution is 0.0422. The zero-order valence-corrected chi connectivity index (χ0v) is 11.9. The van der Waals surface area contributed by atoms with Crippen molar-refractivity contribution in [3.05, 3.63) is 35.1 Å². The lowest BCUT2D eigenvalue weighted by atomic mass is 9.92. The molecule has 0 aromatic heterocycles. The Morgan fingerprint density at radius 3 is 2.86 bits per heavy atom. The fourth-order valence-corrected chi connectivity index (χ4v) is 2.24. The number of hydrogen-bond acceptors (Lipinski definition) is 3. The number of carbonyl (C=O) groups excluding carboxylic acids is 1. The van der Waals surface area contributed by atoms with Crippen molar-refractivity contribution in [2.45, 2.75) is 25.3 Å². The van der Waals surface area contributed by atoms with Crippen LogP contribution in [0.1, 0.15) is 35.7 Å². The SMILES string of the molecule is CC1(NC(=O)c2cc(F)ccc2C#CCO)CCOCC1. The molecular formula is C16H18FNO3. The fraction of sp³-hybridized carbons (Fsp3) is 0.438. The molecule has 112 valence electrons. The molecule has 1 aromatic carbocycles. The molecular weight excluding hydrogens is 273 g/mol. The maximum Gasteiger partial charge on any atom is 0.253 e. The summed E-state index contributed by atoms with van der Waals surface area (Å²) in [4.78, 5) is 12.4. The second-order valence-electron chi connectivity index (χ2n) is 5.28. The normalized spacial score (nSPS) is 16.7. The Bertz CT molecular complexity index is 583. The molecule has 21 heavy (non-hydrogen) atoms. The minimum Gasteiger partial charge on any atom is -0.384 e. The summed E-state index contributed by atoms with van der Waals surface area (Å²) in [6, 6.07) is 3.85. The monoisotopic (exact) mass is 291 g/mol. The summed E-state index contributed by atoms with van der Waals surface area (Å²) in [7, 11) is 0. The van der Waals surface area contributed by atoms with Crippen LogP contribution in [0.2, 0.25) is 0 Å². The molecule has 1 amide bonds. The van der Waals surface area contributed by atoms with Gasteiger partial charge in [-0.25, -0.2) is 4.39 Å². The summed E-state index contributed by atoms with van der Waals surface area (Å²) in [5.41, 5.74) is 0.228. The average molecular weight is 291 g/mol. The van der Waals surface area contributed by atoms with Crippen LogP contribution in [0.5, 0.6) is 0 Å². The van der Waals surface area contributed by atoms with E-state index in [9.17, 15) is 9.18 Å². The number of aliphatic hydroxyl groups is 1. The topological polar surface area (TPSA) is 58.6 Å². The van der Waals surface area contributed by atoms with E-state index in [-0.39, 0.29) is 23.6 Å². The number of ether oxygens (including phenoxy) is 1. The number of amides is 1. The second-order valence-corrected chi connectivity index (χ2v) is 5.28. The molecule has 0 atom stereocenters. The zero-order valence-electron chi connectivity index (χ0n) is 11.9. The Balaban J connectivity index is 2.23. The van der Waals surface area contributed by atoms with Crippen molar-refractivity contribution in [1.82, 2.24) is 5.32 Å². The van der Waals surface area contributed by atoms with Crippen LogP contribution in [-0.2, 0) is 4.74 Å². The van der Waals surface area contributed by atoms with Gasteiger partial charge in [-0.3, -0.25) is 4.79 Å². The number of halogens is 1. The highest BCUT2D eigenvalue weighted by molar-refractivity contribution is 5.97. The van der Waals surface area contributed by atoms with E-state index >= 15 is 0 Å². The van der Waals surface area contributed by atoms with Gasteiger partial charge in [0.1, 0.15) is 12.4 Å². The van der Waals surface area contributed by atoms with Gasteiger partial charge < -0.3 is 15.2 Å². The second kappa shape index (κ2) is 6.70. The molecule has 1 heterocycles. The van der Waals surface area contributed by atoms with Crippen LogP contribution < -0.4 is 5.32 Å². The minimum absolute atomic E-state index is 0.184. The third kappa shape index (κ3) is 4.03. The summed E-state index contributed by atoms with van der Waals surface area (Å²) in [5, 5.41) is 11.7. The van der Waals surface area contributed by atoms with Crippen molar-refractivity contribution in [1.29, 1.82) is 0 Å². The van der Waals surface area contributed by atoms with Gasteiger partial charge in [-0.1, -0.05) is 11.8 Å².